The molecule has 1 heterocycles. The van der Waals surface area contributed by atoms with Crippen molar-refractivity contribution in [2.75, 3.05) is 23.8 Å². The standard InChI is InChI=1S/C11H14N2O2/c1-2-13-10-5-3-4-9(12)8(10)6-7-15-11(13)14/h3-5H,2,6-7,12H2,1H3. The number of ether oxygens (including phenoxy) is 1. The number of anilines is 2. The summed E-state index contributed by atoms with van der Waals surface area (Å²) in [6, 6.07) is 5.61. The molecule has 2 rings (SSSR count). The summed E-state index contributed by atoms with van der Waals surface area (Å²) in [6.45, 7) is 2.91. The van der Waals surface area contributed by atoms with Crippen molar-refractivity contribution in [3.63, 3.8) is 0 Å². The fourth-order valence-corrected chi connectivity index (χ4v) is 1.83. The summed E-state index contributed by atoms with van der Waals surface area (Å²) in [7, 11) is 0. The van der Waals surface area contributed by atoms with Crippen LogP contribution in [0.15, 0.2) is 18.2 Å². The second-order valence-electron chi connectivity index (χ2n) is 3.45. The Labute approximate surface area is 88.6 Å². The van der Waals surface area contributed by atoms with Gasteiger partial charge in [0.25, 0.3) is 0 Å². The first kappa shape index (κ1) is 9.83. The van der Waals surface area contributed by atoms with Crippen LogP contribution in [0.4, 0.5) is 16.2 Å². The number of carbonyl (C=O) groups is 1. The van der Waals surface area contributed by atoms with E-state index in [0.717, 1.165) is 16.9 Å². The quantitative estimate of drug-likeness (QED) is 0.713. The van der Waals surface area contributed by atoms with Gasteiger partial charge in [0.15, 0.2) is 0 Å². The van der Waals surface area contributed by atoms with E-state index in [0.29, 0.717) is 19.6 Å². The van der Waals surface area contributed by atoms with Gasteiger partial charge in [-0.25, -0.2) is 4.79 Å². The number of cyclic esters (lactones) is 1. The average Bonchev–Trinajstić information content (AvgIpc) is 2.38. The van der Waals surface area contributed by atoms with Gasteiger partial charge in [-0.05, 0) is 19.1 Å². The Hall–Kier alpha value is -1.71. The van der Waals surface area contributed by atoms with E-state index in [-0.39, 0.29) is 6.09 Å². The number of rotatable bonds is 1. The molecule has 0 aromatic heterocycles. The summed E-state index contributed by atoms with van der Waals surface area (Å²) in [4.78, 5) is 13.2. The summed E-state index contributed by atoms with van der Waals surface area (Å²) in [6.07, 6.45) is 0.395. The zero-order valence-electron chi connectivity index (χ0n) is 8.69. The molecule has 0 fully saturated rings. The summed E-state index contributed by atoms with van der Waals surface area (Å²) in [5, 5.41) is 0. The molecular formula is C11H14N2O2. The largest absolute Gasteiger partial charge is 0.449 e. The summed E-state index contributed by atoms with van der Waals surface area (Å²) < 4.78 is 5.08. The molecule has 0 saturated carbocycles. The van der Waals surface area contributed by atoms with Gasteiger partial charge < -0.3 is 10.5 Å². The van der Waals surface area contributed by atoms with Crippen molar-refractivity contribution in [2.45, 2.75) is 13.3 Å². The van der Waals surface area contributed by atoms with Gasteiger partial charge in [-0.1, -0.05) is 6.07 Å². The second-order valence-corrected chi connectivity index (χ2v) is 3.45. The highest BCUT2D eigenvalue weighted by Crippen LogP contribution is 2.28. The maximum Gasteiger partial charge on any atom is 0.414 e. The van der Waals surface area contributed by atoms with Crippen molar-refractivity contribution in [3.8, 4) is 0 Å². The molecule has 0 unspecified atom stereocenters. The number of nitrogen functional groups attached to an aromatic ring is 1. The summed E-state index contributed by atoms with van der Waals surface area (Å²) in [5.41, 5.74) is 8.49. The average molecular weight is 206 g/mol. The first-order chi connectivity index (χ1) is 7.24. The van der Waals surface area contributed by atoms with E-state index in [1.165, 1.54) is 0 Å². The zero-order valence-corrected chi connectivity index (χ0v) is 8.69. The molecule has 1 aliphatic heterocycles. The Bertz CT molecular complexity index is 390. The molecule has 1 amide bonds. The van der Waals surface area contributed by atoms with Crippen molar-refractivity contribution in [1.82, 2.24) is 0 Å². The van der Waals surface area contributed by atoms with Crippen LogP contribution in [-0.2, 0) is 11.2 Å². The van der Waals surface area contributed by atoms with Crippen molar-refractivity contribution in [3.05, 3.63) is 23.8 Å². The molecule has 0 atom stereocenters. The van der Waals surface area contributed by atoms with E-state index in [9.17, 15) is 4.79 Å². The lowest BCUT2D eigenvalue weighted by Gasteiger charge is -2.19. The van der Waals surface area contributed by atoms with Crippen LogP contribution in [-0.4, -0.2) is 19.2 Å². The molecule has 4 heteroatoms. The van der Waals surface area contributed by atoms with Crippen molar-refractivity contribution >= 4 is 17.5 Å². The lowest BCUT2D eigenvalue weighted by Crippen LogP contribution is -2.30. The maximum absolute atomic E-state index is 11.6. The van der Waals surface area contributed by atoms with Gasteiger partial charge in [0.1, 0.15) is 0 Å². The molecule has 1 aromatic carbocycles. The smallest absolute Gasteiger partial charge is 0.414 e. The number of nitrogens with two attached hydrogens (primary N) is 1. The van der Waals surface area contributed by atoms with Gasteiger partial charge in [-0.3, -0.25) is 4.90 Å². The molecule has 1 aliphatic rings. The minimum absolute atomic E-state index is 0.290. The lowest BCUT2D eigenvalue weighted by atomic mass is 10.1. The van der Waals surface area contributed by atoms with E-state index in [1.54, 1.807) is 4.90 Å². The van der Waals surface area contributed by atoms with Gasteiger partial charge in [-0.15, -0.1) is 0 Å². The molecule has 4 nitrogen and oxygen atoms in total. The van der Waals surface area contributed by atoms with Crippen molar-refractivity contribution < 1.29 is 9.53 Å². The number of carbonyl (C=O) groups excluding carboxylic acids is 1. The predicted molar refractivity (Wildman–Crippen MR) is 58.9 cm³/mol. The number of amides is 1. The van der Waals surface area contributed by atoms with Gasteiger partial charge in [-0.2, -0.15) is 0 Å². The van der Waals surface area contributed by atoms with Crippen LogP contribution in [0.5, 0.6) is 0 Å². The molecule has 0 saturated heterocycles. The van der Waals surface area contributed by atoms with Gasteiger partial charge >= 0.3 is 6.09 Å². The normalized spacial score (nSPS) is 15.5. The highest BCUT2D eigenvalue weighted by Gasteiger charge is 2.22. The third-order valence-corrected chi connectivity index (χ3v) is 2.59. The van der Waals surface area contributed by atoms with Crippen molar-refractivity contribution in [1.29, 1.82) is 0 Å². The Kier molecular flexibility index (Phi) is 2.49. The summed E-state index contributed by atoms with van der Waals surface area (Å²) >= 11 is 0. The zero-order chi connectivity index (χ0) is 10.8. The number of hydrogen-bond acceptors (Lipinski definition) is 3. The van der Waals surface area contributed by atoms with E-state index in [1.807, 2.05) is 25.1 Å². The van der Waals surface area contributed by atoms with Crippen LogP contribution in [0.25, 0.3) is 0 Å². The molecule has 1 aromatic rings. The van der Waals surface area contributed by atoms with Crippen LogP contribution in [0.3, 0.4) is 0 Å². The molecular weight excluding hydrogens is 192 g/mol. The highest BCUT2D eigenvalue weighted by atomic mass is 16.6. The van der Waals surface area contributed by atoms with Gasteiger partial charge in [0.2, 0.25) is 0 Å². The van der Waals surface area contributed by atoms with E-state index in [2.05, 4.69) is 0 Å². The van der Waals surface area contributed by atoms with Gasteiger partial charge in [0, 0.05) is 24.2 Å². The molecule has 0 spiro atoms. The third-order valence-electron chi connectivity index (χ3n) is 2.59. The minimum Gasteiger partial charge on any atom is -0.449 e. The van der Waals surface area contributed by atoms with E-state index in [4.69, 9.17) is 10.5 Å². The predicted octanol–water partition coefficient (Wildman–Crippen LogP) is 1.79. The molecule has 0 aliphatic carbocycles. The van der Waals surface area contributed by atoms with Crippen LogP contribution in [0.1, 0.15) is 12.5 Å². The first-order valence-electron chi connectivity index (χ1n) is 5.05. The summed E-state index contributed by atoms with van der Waals surface area (Å²) in [5.74, 6) is 0. The number of nitrogens with zero attached hydrogens (tertiary/aromatic N) is 1. The highest BCUT2D eigenvalue weighted by molar-refractivity contribution is 5.90. The van der Waals surface area contributed by atoms with E-state index >= 15 is 0 Å². The molecule has 80 valence electrons. The van der Waals surface area contributed by atoms with Gasteiger partial charge in [0.05, 0.1) is 12.3 Å². The van der Waals surface area contributed by atoms with Crippen LogP contribution in [0.2, 0.25) is 0 Å². The maximum atomic E-state index is 11.6. The SMILES string of the molecule is CCN1C(=O)OCCc2c(N)cccc21. The van der Waals surface area contributed by atoms with Crippen molar-refractivity contribution in [2.24, 2.45) is 0 Å². The molecule has 0 bridgehead atoms. The topological polar surface area (TPSA) is 55.6 Å². The number of benzene rings is 1. The molecule has 2 N–H and O–H groups in total. The minimum atomic E-state index is -0.290. The second kappa shape index (κ2) is 3.81. The van der Waals surface area contributed by atoms with Crippen LogP contribution in [0, 0.1) is 0 Å². The van der Waals surface area contributed by atoms with Crippen LogP contribution < -0.4 is 10.6 Å². The van der Waals surface area contributed by atoms with Crippen LogP contribution >= 0.6 is 0 Å². The van der Waals surface area contributed by atoms with E-state index < -0.39 is 0 Å². The fourth-order valence-electron chi connectivity index (χ4n) is 1.83. The fraction of sp³-hybridized carbons (Fsp3) is 0.364. The molecule has 0 radical (unpaired) electrons. The Morgan fingerprint density at radius 2 is 2.33 bits per heavy atom. The lowest BCUT2D eigenvalue weighted by molar-refractivity contribution is 0.157. The molecule has 15 heavy (non-hydrogen) atoms. The Morgan fingerprint density at radius 1 is 1.53 bits per heavy atom. The third kappa shape index (κ3) is 1.63. The number of fused-ring (bicyclic) bond motifs is 1. The Balaban J connectivity index is 2.52. The number of hydrogen-bond donors (Lipinski definition) is 1. The monoisotopic (exact) mass is 206 g/mol. The first-order valence-corrected chi connectivity index (χ1v) is 5.05. The Morgan fingerprint density at radius 3 is 3.07 bits per heavy atom.